The number of imidazole rings is 1. The summed E-state index contributed by atoms with van der Waals surface area (Å²) in [4.78, 5) is 27.0. The average molecular weight is 492 g/mol. The minimum Gasteiger partial charge on any atom is -0.383 e. The molecule has 0 unspecified atom stereocenters. The third kappa shape index (κ3) is 3.97. The normalized spacial score (nSPS) is 13.9. The van der Waals surface area contributed by atoms with Crippen LogP contribution in [-0.4, -0.2) is 36.9 Å². The number of fused-ring (bicyclic) bond motifs is 2. The predicted octanol–water partition coefficient (Wildman–Crippen LogP) is 3.97. The number of nitrogens with one attached hydrogen (secondary N) is 1. The van der Waals surface area contributed by atoms with E-state index < -0.39 is 0 Å². The van der Waals surface area contributed by atoms with Crippen LogP contribution in [0, 0.1) is 11.8 Å². The molecule has 4 aromatic heterocycles. The molecule has 4 heterocycles. The van der Waals surface area contributed by atoms with Crippen molar-refractivity contribution >= 4 is 34.1 Å². The minimum atomic E-state index is -0.323. The second-order valence-electron chi connectivity index (χ2n) is 9.42. The highest BCUT2D eigenvalue weighted by Gasteiger charge is 2.44. The molecule has 0 saturated heterocycles. The lowest BCUT2D eigenvalue weighted by Gasteiger charge is -2.14. The number of ether oxygens (including phenoxy) is 1. The molecule has 0 spiro atoms. The molecule has 6 rings (SSSR count). The molecule has 0 aliphatic heterocycles. The molecule has 0 atom stereocenters. The Hall–Kier alpha value is -4.68. The molecule has 3 N–H and O–H groups in total. The Balaban J connectivity index is 1.51. The number of pyridine rings is 1. The van der Waals surface area contributed by atoms with Crippen LogP contribution in [0.1, 0.15) is 47.1 Å². The summed E-state index contributed by atoms with van der Waals surface area (Å²) in [6.07, 6.45) is 6.97. The Bertz CT molecular complexity index is 1720. The van der Waals surface area contributed by atoms with Crippen LogP contribution in [0.3, 0.4) is 0 Å². The minimum absolute atomic E-state index is 0.205. The first-order valence-electron chi connectivity index (χ1n) is 12.0. The monoisotopic (exact) mass is 491 g/mol. The SMILES string of the molecule is COCc1ccc(NC(=O)c2c(C#Cc3cnc4ccccn34)n(C3(C)CC3)c3ncnc(N)c23)cc1. The molecule has 0 bridgehead atoms. The van der Waals surface area contributed by atoms with Gasteiger partial charge >= 0.3 is 0 Å². The largest absolute Gasteiger partial charge is 0.383 e. The number of hydrogen-bond donors (Lipinski definition) is 2. The van der Waals surface area contributed by atoms with Gasteiger partial charge in [-0.25, -0.2) is 15.0 Å². The molecule has 5 aromatic rings. The first-order chi connectivity index (χ1) is 18.0. The second kappa shape index (κ2) is 8.76. The van der Waals surface area contributed by atoms with E-state index in [1.54, 1.807) is 13.3 Å². The smallest absolute Gasteiger partial charge is 0.259 e. The van der Waals surface area contributed by atoms with Gasteiger partial charge in [0, 0.05) is 24.5 Å². The van der Waals surface area contributed by atoms with Crippen LogP contribution >= 0.6 is 0 Å². The third-order valence-corrected chi connectivity index (χ3v) is 6.77. The number of carbonyl (C=O) groups is 1. The summed E-state index contributed by atoms with van der Waals surface area (Å²) in [6.45, 7) is 2.64. The summed E-state index contributed by atoms with van der Waals surface area (Å²) in [7, 11) is 1.65. The van der Waals surface area contributed by atoms with Crippen LogP contribution in [0.25, 0.3) is 16.7 Å². The van der Waals surface area contributed by atoms with Crippen LogP contribution in [-0.2, 0) is 16.9 Å². The summed E-state index contributed by atoms with van der Waals surface area (Å²) in [5, 5.41) is 3.51. The van der Waals surface area contributed by atoms with E-state index in [2.05, 4.69) is 39.0 Å². The molecular formula is C28H25N7O2. The van der Waals surface area contributed by atoms with Gasteiger partial charge in [0.15, 0.2) is 0 Å². The Morgan fingerprint density at radius 2 is 1.95 bits per heavy atom. The van der Waals surface area contributed by atoms with Gasteiger partial charge in [-0.1, -0.05) is 18.2 Å². The lowest BCUT2D eigenvalue weighted by Crippen LogP contribution is -2.18. The maximum Gasteiger partial charge on any atom is 0.259 e. The van der Waals surface area contributed by atoms with E-state index in [1.165, 1.54) is 6.33 Å². The zero-order chi connectivity index (χ0) is 25.6. The number of nitrogens with two attached hydrogens (primary N) is 1. The maximum atomic E-state index is 13.8. The van der Waals surface area contributed by atoms with Crippen molar-refractivity contribution in [2.45, 2.75) is 31.9 Å². The van der Waals surface area contributed by atoms with Crippen molar-refractivity contribution in [1.29, 1.82) is 0 Å². The quantitative estimate of drug-likeness (QED) is 0.360. The lowest BCUT2D eigenvalue weighted by atomic mass is 10.1. The van der Waals surface area contributed by atoms with Gasteiger partial charge in [0.2, 0.25) is 0 Å². The molecular weight excluding hydrogens is 466 g/mol. The highest BCUT2D eigenvalue weighted by atomic mass is 16.5. The van der Waals surface area contributed by atoms with Crippen molar-refractivity contribution in [2.24, 2.45) is 0 Å². The second-order valence-corrected chi connectivity index (χ2v) is 9.42. The number of benzene rings is 1. The van der Waals surface area contributed by atoms with Crippen molar-refractivity contribution in [3.63, 3.8) is 0 Å². The average Bonchev–Trinajstić information content (AvgIpc) is 3.35. The van der Waals surface area contributed by atoms with Crippen LogP contribution in [0.4, 0.5) is 11.5 Å². The fourth-order valence-corrected chi connectivity index (χ4v) is 4.60. The zero-order valence-electron chi connectivity index (χ0n) is 20.5. The molecule has 1 fully saturated rings. The number of rotatable bonds is 5. The highest BCUT2D eigenvalue weighted by Crippen LogP contribution is 2.47. The van der Waals surface area contributed by atoms with Gasteiger partial charge in [0.1, 0.15) is 34.8 Å². The predicted molar refractivity (Wildman–Crippen MR) is 141 cm³/mol. The topological polar surface area (TPSA) is 112 Å². The molecule has 9 nitrogen and oxygen atoms in total. The van der Waals surface area contributed by atoms with Crippen molar-refractivity contribution in [3.8, 4) is 11.8 Å². The first-order valence-corrected chi connectivity index (χ1v) is 12.0. The Morgan fingerprint density at radius 1 is 1.14 bits per heavy atom. The molecule has 9 heteroatoms. The molecule has 1 amide bonds. The van der Waals surface area contributed by atoms with Gasteiger partial charge in [-0.2, -0.15) is 0 Å². The maximum absolute atomic E-state index is 13.8. The van der Waals surface area contributed by atoms with Gasteiger partial charge in [0.25, 0.3) is 5.91 Å². The Labute approximate surface area is 213 Å². The number of nitrogen functional groups attached to an aromatic ring is 1. The highest BCUT2D eigenvalue weighted by molar-refractivity contribution is 6.16. The number of amides is 1. The fraction of sp³-hybridized carbons (Fsp3) is 0.214. The number of aromatic nitrogens is 5. The standard InChI is InChI=1S/C28H25N7O2/c1-28(12-13-28)35-21(11-10-20-15-30-22-5-3-4-14-34(20)22)23(24-25(29)31-17-32-26(24)35)27(36)33-19-8-6-18(7-9-19)16-37-2/h3-9,14-15,17H,12-13,16H2,1-2H3,(H,33,36)(H2,29,31,32). The van der Waals surface area contributed by atoms with Gasteiger partial charge in [-0.3, -0.25) is 9.20 Å². The summed E-state index contributed by atoms with van der Waals surface area (Å²) in [6, 6.07) is 13.3. The van der Waals surface area contributed by atoms with Crippen LogP contribution in [0.15, 0.2) is 61.2 Å². The van der Waals surface area contributed by atoms with Crippen LogP contribution in [0.2, 0.25) is 0 Å². The number of anilines is 2. The number of hydrogen-bond acceptors (Lipinski definition) is 6. The molecule has 1 aliphatic carbocycles. The van der Waals surface area contributed by atoms with Gasteiger partial charge in [-0.05, 0) is 61.4 Å². The molecule has 1 saturated carbocycles. The third-order valence-electron chi connectivity index (χ3n) is 6.77. The summed E-state index contributed by atoms with van der Waals surface area (Å²) >= 11 is 0. The number of nitrogens with zero attached hydrogens (tertiary/aromatic N) is 5. The van der Waals surface area contributed by atoms with E-state index >= 15 is 0 Å². The lowest BCUT2D eigenvalue weighted by molar-refractivity contribution is 0.102. The van der Waals surface area contributed by atoms with E-state index in [4.69, 9.17) is 10.5 Å². The molecule has 1 aromatic carbocycles. The van der Waals surface area contributed by atoms with Gasteiger partial charge in [-0.15, -0.1) is 0 Å². The van der Waals surface area contributed by atoms with Crippen molar-refractivity contribution < 1.29 is 9.53 Å². The van der Waals surface area contributed by atoms with Crippen molar-refractivity contribution in [3.05, 3.63) is 83.7 Å². The molecule has 1 aliphatic rings. The Kier molecular flexibility index (Phi) is 5.39. The van der Waals surface area contributed by atoms with E-state index in [9.17, 15) is 4.79 Å². The fourth-order valence-electron chi connectivity index (χ4n) is 4.60. The van der Waals surface area contributed by atoms with Crippen LogP contribution < -0.4 is 11.1 Å². The number of carbonyl (C=O) groups excluding carboxylic acids is 1. The summed E-state index contributed by atoms with van der Waals surface area (Å²) < 4.78 is 9.14. The zero-order valence-corrected chi connectivity index (χ0v) is 20.5. The number of methoxy groups -OCH3 is 1. The van der Waals surface area contributed by atoms with E-state index in [-0.39, 0.29) is 17.3 Å². The summed E-state index contributed by atoms with van der Waals surface area (Å²) in [5.41, 5.74) is 10.8. The molecule has 184 valence electrons. The molecule has 37 heavy (non-hydrogen) atoms. The Morgan fingerprint density at radius 3 is 2.70 bits per heavy atom. The van der Waals surface area contributed by atoms with Crippen LogP contribution in [0.5, 0.6) is 0 Å². The van der Waals surface area contributed by atoms with Crippen molar-refractivity contribution in [1.82, 2.24) is 23.9 Å². The van der Waals surface area contributed by atoms with E-state index in [1.807, 2.05) is 57.6 Å². The van der Waals surface area contributed by atoms with E-state index in [0.29, 0.717) is 40.3 Å². The van der Waals surface area contributed by atoms with Crippen molar-refractivity contribution in [2.75, 3.05) is 18.2 Å². The van der Waals surface area contributed by atoms with E-state index in [0.717, 1.165) is 24.1 Å². The molecule has 0 radical (unpaired) electrons. The van der Waals surface area contributed by atoms with Gasteiger partial charge in [0.05, 0.1) is 23.8 Å². The van der Waals surface area contributed by atoms with Gasteiger partial charge < -0.3 is 20.4 Å². The summed E-state index contributed by atoms with van der Waals surface area (Å²) in [5.74, 6) is 6.43. The first kappa shape index (κ1) is 22.8.